The van der Waals surface area contributed by atoms with E-state index in [1.807, 2.05) is 30.3 Å². The van der Waals surface area contributed by atoms with Crippen LogP contribution in [0.1, 0.15) is 11.9 Å². The molecule has 4 heterocycles. The molecule has 0 spiro atoms. The first-order valence-electron chi connectivity index (χ1n) is 9.65. The molecule has 5 rings (SSSR count). The molecule has 1 aromatic rings. The Morgan fingerprint density at radius 3 is 2.31 bits per heavy atom. The zero-order chi connectivity index (χ0) is 20.1. The third-order valence-electron chi connectivity index (χ3n) is 5.76. The van der Waals surface area contributed by atoms with Crippen LogP contribution < -0.4 is 0 Å². The zero-order valence-corrected chi connectivity index (χ0v) is 15.4. The van der Waals surface area contributed by atoms with E-state index in [0.29, 0.717) is 0 Å². The van der Waals surface area contributed by atoms with Crippen LogP contribution in [0.4, 0.5) is 0 Å². The van der Waals surface area contributed by atoms with Crippen molar-refractivity contribution in [3.05, 3.63) is 35.9 Å². The van der Waals surface area contributed by atoms with E-state index < -0.39 is 67.7 Å². The molecule has 0 aromatic heterocycles. The Labute approximate surface area is 166 Å². The highest BCUT2D eigenvalue weighted by Gasteiger charge is 2.54. The Kier molecular flexibility index (Phi) is 5.33. The highest BCUT2D eigenvalue weighted by molar-refractivity contribution is 5.16. The van der Waals surface area contributed by atoms with Crippen LogP contribution in [0.15, 0.2) is 30.3 Å². The zero-order valence-electron chi connectivity index (χ0n) is 15.4. The van der Waals surface area contributed by atoms with Crippen molar-refractivity contribution < 1.29 is 48.8 Å². The van der Waals surface area contributed by atoms with E-state index >= 15 is 0 Å². The lowest BCUT2D eigenvalue weighted by Gasteiger charge is -2.47. The van der Waals surface area contributed by atoms with Gasteiger partial charge in [0.25, 0.3) is 0 Å². The van der Waals surface area contributed by atoms with Crippen LogP contribution >= 0.6 is 0 Å². The standard InChI is InChI=1S/C19H24O10/c20-11-13(22)18-25-7-9(26-18)16(11)29-19-14(23)12(21)15-10(27-19)6-24-17(28-15)8-4-2-1-3-5-8/h1-5,9-23H,6-7H2/t9?,10?,11?,12?,13-,14-,15+,16+,17?,18?,19-/m0/s1. The summed E-state index contributed by atoms with van der Waals surface area (Å²) in [5, 5.41) is 41.5. The van der Waals surface area contributed by atoms with Crippen molar-refractivity contribution in [1.82, 2.24) is 0 Å². The molecule has 10 nitrogen and oxygen atoms in total. The summed E-state index contributed by atoms with van der Waals surface area (Å²) in [6.45, 7) is 0.251. The second-order valence-electron chi connectivity index (χ2n) is 7.66. The molecule has 4 saturated heterocycles. The lowest BCUT2D eigenvalue weighted by molar-refractivity contribution is -0.376. The molecular weight excluding hydrogens is 388 g/mol. The molecule has 0 saturated carbocycles. The van der Waals surface area contributed by atoms with E-state index in [9.17, 15) is 20.4 Å². The first-order chi connectivity index (χ1) is 14.0. The third-order valence-corrected chi connectivity index (χ3v) is 5.76. The molecule has 4 fully saturated rings. The predicted molar refractivity (Wildman–Crippen MR) is 92.2 cm³/mol. The molecule has 11 atom stereocenters. The normalized spacial score (nSPS) is 49.6. The molecule has 0 aliphatic carbocycles. The molecule has 4 aliphatic rings. The number of ether oxygens (including phenoxy) is 6. The van der Waals surface area contributed by atoms with Crippen molar-refractivity contribution >= 4 is 0 Å². The fourth-order valence-corrected chi connectivity index (χ4v) is 4.16. The number of aliphatic hydroxyl groups is 4. The maximum absolute atomic E-state index is 10.6. The minimum Gasteiger partial charge on any atom is -0.387 e. The van der Waals surface area contributed by atoms with E-state index in [-0.39, 0.29) is 13.2 Å². The summed E-state index contributed by atoms with van der Waals surface area (Å²) in [4.78, 5) is 0. The summed E-state index contributed by atoms with van der Waals surface area (Å²) >= 11 is 0. The average molecular weight is 412 g/mol. The molecule has 4 aliphatic heterocycles. The van der Waals surface area contributed by atoms with Gasteiger partial charge in [0.1, 0.15) is 48.8 Å². The van der Waals surface area contributed by atoms with Gasteiger partial charge < -0.3 is 48.8 Å². The minimum absolute atomic E-state index is 0.120. The number of rotatable bonds is 3. The Balaban J connectivity index is 1.27. The first kappa shape index (κ1) is 19.8. The van der Waals surface area contributed by atoms with Crippen molar-refractivity contribution in [3.8, 4) is 0 Å². The Bertz CT molecular complexity index is 701. The summed E-state index contributed by atoms with van der Waals surface area (Å²) in [6.07, 6.45) is -11.3. The van der Waals surface area contributed by atoms with Crippen LogP contribution in [0, 0.1) is 0 Å². The van der Waals surface area contributed by atoms with E-state index in [1.54, 1.807) is 0 Å². The van der Waals surface area contributed by atoms with E-state index in [0.717, 1.165) is 5.56 Å². The number of fused-ring (bicyclic) bond motifs is 3. The maximum Gasteiger partial charge on any atom is 0.187 e. The van der Waals surface area contributed by atoms with Crippen LogP contribution in [0.3, 0.4) is 0 Å². The van der Waals surface area contributed by atoms with Gasteiger partial charge in [0.2, 0.25) is 0 Å². The number of hydrogen-bond acceptors (Lipinski definition) is 10. The van der Waals surface area contributed by atoms with Gasteiger partial charge in [0.15, 0.2) is 18.9 Å². The summed E-state index contributed by atoms with van der Waals surface area (Å²) in [5.41, 5.74) is 0.790. The van der Waals surface area contributed by atoms with Gasteiger partial charge in [-0.2, -0.15) is 0 Å². The van der Waals surface area contributed by atoms with Crippen molar-refractivity contribution in [1.29, 1.82) is 0 Å². The largest absolute Gasteiger partial charge is 0.387 e. The molecule has 0 amide bonds. The molecule has 0 radical (unpaired) electrons. The monoisotopic (exact) mass is 412 g/mol. The van der Waals surface area contributed by atoms with Gasteiger partial charge >= 0.3 is 0 Å². The highest BCUT2D eigenvalue weighted by Crippen LogP contribution is 2.36. The van der Waals surface area contributed by atoms with Crippen LogP contribution in [0.2, 0.25) is 0 Å². The SMILES string of the molecule is OC1[C@H](O)C2OCC(O2)[C@H]1O[C@@H]1OC2COC(c3ccccc3)O[C@H]2C(O)[C@@H]1O. The molecule has 1 aromatic carbocycles. The van der Waals surface area contributed by atoms with E-state index in [4.69, 9.17) is 28.4 Å². The smallest absolute Gasteiger partial charge is 0.187 e. The Morgan fingerprint density at radius 2 is 1.52 bits per heavy atom. The van der Waals surface area contributed by atoms with Crippen molar-refractivity contribution in [2.24, 2.45) is 0 Å². The molecule has 29 heavy (non-hydrogen) atoms. The molecule has 6 unspecified atom stereocenters. The van der Waals surface area contributed by atoms with Gasteiger partial charge in [-0.1, -0.05) is 30.3 Å². The van der Waals surface area contributed by atoms with Gasteiger partial charge in [-0.3, -0.25) is 0 Å². The van der Waals surface area contributed by atoms with E-state index in [2.05, 4.69) is 0 Å². The fraction of sp³-hybridized carbons (Fsp3) is 0.684. The van der Waals surface area contributed by atoms with Crippen LogP contribution in [-0.2, 0) is 28.4 Å². The van der Waals surface area contributed by atoms with Gasteiger partial charge in [0.05, 0.1) is 13.2 Å². The Morgan fingerprint density at radius 1 is 0.759 bits per heavy atom. The van der Waals surface area contributed by atoms with Gasteiger partial charge in [-0.05, 0) is 0 Å². The first-order valence-corrected chi connectivity index (χ1v) is 9.65. The van der Waals surface area contributed by atoms with Crippen LogP contribution in [0.25, 0.3) is 0 Å². The topological polar surface area (TPSA) is 136 Å². The quantitative estimate of drug-likeness (QED) is 0.460. The van der Waals surface area contributed by atoms with E-state index in [1.165, 1.54) is 0 Å². The maximum atomic E-state index is 10.6. The summed E-state index contributed by atoms with van der Waals surface area (Å²) < 4.78 is 33.8. The van der Waals surface area contributed by atoms with Gasteiger partial charge in [-0.25, -0.2) is 0 Å². The molecule has 160 valence electrons. The molecule has 10 heteroatoms. The third kappa shape index (κ3) is 3.49. The van der Waals surface area contributed by atoms with Crippen LogP contribution in [-0.4, -0.2) is 95.1 Å². The van der Waals surface area contributed by atoms with Crippen molar-refractivity contribution in [3.63, 3.8) is 0 Å². The summed E-state index contributed by atoms with van der Waals surface area (Å²) in [6, 6.07) is 9.26. The summed E-state index contributed by atoms with van der Waals surface area (Å²) in [5.74, 6) is 0. The number of hydrogen-bond donors (Lipinski definition) is 4. The second-order valence-corrected chi connectivity index (χ2v) is 7.66. The average Bonchev–Trinajstić information content (AvgIpc) is 3.20. The van der Waals surface area contributed by atoms with Gasteiger partial charge in [0, 0.05) is 5.56 Å². The van der Waals surface area contributed by atoms with Crippen LogP contribution in [0.5, 0.6) is 0 Å². The molecular formula is C19H24O10. The number of benzene rings is 1. The van der Waals surface area contributed by atoms with Crippen molar-refractivity contribution in [2.45, 2.75) is 67.7 Å². The van der Waals surface area contributed by atoms with Crippen molar-refractivity contribution in [2.75, 3.05) is 13.2 Å². The van der Waals surface area contributed by atoms with Gasteiger partial charge in [-0.15, -0.1) is 0 Å². The lowest BCUT2D eigenvalue weighted by atomic mass is 9.97. The molecule has 4 N–H and O–H groups in total. The lowest BCUT2D eigenvalue weighted by Crippen LogP contribution is -2.64. The second kappa shape index (κ2) is 7.82. The minimum atomic E-state index is -1.44. The predicted octanol–water partition coefficient (Wildman–Crippen LogP) is -1.59. The fourth-order valence-electron chi connectivity index (χ4n) is 4.16. The Hall–Kier alpha value is -1.18. The highest BCUT2D eigenvalue weighted by atomic mass is 16.8. The summed E-state index contributed by atoms with van der Waals surface area (Å²) in [7, 11) is 0. The number of aliphatic hydroxyl groups excluding tert-OH is 4. The molecule has 2 bridgehead atoms.